The predicted octanol–water partition coefficient (Wildman–Crippen LogP) is 2.56. The van der Waals surface area contributed by atoms with Crippen molar-refractivity contribution in [2.45, 2.75) is 20.5 Å². The summed E-state index contributed by atoms with van der Waals surface area (Å²) < 4.78 is 5.74. The van der Waals surface area contributed by atoms with Crippen molar-refractivity contribution >= 4 is 11.6 Å². The minimum absolute atomic E-state index is 0.302. The topological polar surface area (TPSA) is 78.3 Å². The molecule has 0 bridgehead atoms. The average molecular weight is 270 g/mol. The molecular weight excluding hydrogens is 252 g/mol. The zero-order valence-corrected chi connectivity index (χ0v) is 11.6. The van der Waals surface area contributed by atoms with E-state index >= 15 is 0 Å². The first-order valence-corrected chi connectivity index (χ1v) is 6.36. The number of carbonyl (C=O) groups excluding carboxylic acids is 1. The van der Waals surface area contributed by atoms with Gasteiger partial charge in [0.05, 0.1) is 5.56 Å². The van der Waals surface area contributed by atoms with E-state index in [0.717, 1.165) is 16.7 Å². The van der Waals surface area contributed by atoms with E-state index in [1.165, 1.54) is 6.07 Å². The molecule has 0 saturated carbocycles. The van der Waals surface area contributed by atoms with E-state index in [1.54, 1.807) is 12.1 Å². The van der Waals surface area contributed by atoms with E-state index in [0.29, 0.717) is 23.6 Å². The maximum atomic E-state index is 11.4. The number of nitrogens with two attached hydrogens (primary N) is 2. The Morgan fingerprint density at radius 2 is 1.80 bits per heavy atom. The molecule has 1 amide bonds. The van der Waals surface area contributed by atoms with Gasteiger partial charge in [0.2, 0.25) is 0 Å². The van der Waals surface area contributed by atoms with E-state index in [9.17, 15) is 4.79 Å². The maximum Gasteiger partial charge on any atom is 0.252 e. The van der Waals surface area contributed by atoms with Gasteiger partial charge in [0.25, 0.3) is 5.91 Å². The van der Waals surface area contributed by atoms with Gasteiger partial charge in [-0.2, -0.15) is 0 Å². The van der Waals surface area contributed by atoms with Gasteiger partial charge in [-0.25, -0.2) is 0 Å². The van der Waals surface area contributed by atoms with Crippen LogP contribution < -0.4 is 16.2 Å². The lowest BCUT2D eigenvalue weighted by atomic mass is 10.0. The lowest BCUT2D eigenvalue weighted by Crippen LogP contribution is -2.14. The maximum absolute atomic E-state index is 11.4. The molecule has 0 aromatic heterocycles. The molecule has 0 aliphatic rings. The van der Waals surface area contributed by atoms with Crippen LogP contribution in [0.15, 0.2) is 36.4 Å². The summed E-state index contributed by atoms with van der Waals surface area (Å²) in [6.07, 6.45) is 0. The van der Waals surface area contributed by atoms with Crippen LogP contribution in [0.1, 0.15) is 27.0 Å². The molecule has 0 atom stereocenters. The summed E-state index contributed by atoms with van der Waals surface area (Å²) in [4.78, 5) is 11.4. The van der Waals surface area contributed by atoms with Gasteiger partial charge in [0, 0.05) is 5.69 Å². The van der Waals surface area contributed by atoms with E-state index in [4.69, 9.17) is 16.2 Å². The van der Waals surface area contributed by atoms with Crippen LogP contribution in [-0.2, 0) is 6.61 Å². The fourth-order valence-electron chi connectivity index (χ4n) is 2.09. The Morgan fingerprint density at radius 3 is 2.40 bits per heavy atom. The first-order valence-electron chi connectivity index (χ1n) is 6.36. The number of rotatable bonds is 4. The number of primary amides is 1. The second kappa shape index (κ2) is 5.65. The summed E-state index contributed by atoms with van der Waals surface area (Å²) in [5.74, 6) is -0.0943. The first-order chi connectivity index (χ1) is 9.49. The minimum Gasteiger partial charge on any atom is -0.488 e. The van der Waals surface area contributed by atoms with Gasteiger partial charge >= 0.3 is 0 Å². The van der Waals surface area contributed by atoms with Gasteiger partial charge in [-0.1, -0.05) is 18.2 Å². The Bertz CT molecular complexity index is 631. The second-order valence-electron chi connectivity index (χ2n) is 4.78. The quantitative estimate of drug-likeness (QED) is 0.838. The van der Waals surface area contributed by atoms with E-state index in [1.807, 2.05) is 32.0 Å². The summed E-state index contributed by atoms with van der Waals surface area (Å²) in [6.45, 7) is 4.45. The molecule has 0 spiro atoms. The van der Waals surface area contributed by atoms with Gasteiger partial charge in [0.1, 0.15) is 12.4 Å². The number of amides is 1. The molecule has 0 fully saturated rings. The molecule has 0 radical (unpaired) electrons. The smallest absolute Gasteiger partial charge is 0.252 e. The monoisotopic (exact) mass is 270 g/mol. The van der Waals surface area contributed by atoms with Gasteiger partial charge in [-0.05, 0) is 48.7 Å². The molecule has 104 valence electrons. The Balaban J connectivity index is 2.25. The van der Waals surface area contributed by atoms with Crippen LogP contribution in [0, 0.1) is 13.8 Å². The Kier molecular flexibility index (Phi) is 3.94. The summed E-state index contributed by atoms with van der Waals surface area (Å²) in [5, 5.41) is 0. The van der Waals surface area contributed by atoms with Crippen LogP contribution in [0.4, 0.5) is 5.69 Å². The SMILES string of the molecule is Cc1cccc(C)c1COc1ccc(N)cc1C(N)=O. The third-order valence-electron chi connectivity index (χ3n) is 3.29. The molecule has 4 nitrogen and oxygen atoms in total. The molecule has 20 heavy (non-hydrogen) atoms. The highest BCUT2D eigenvalue weighted by atomic mass is 16.5. The number of nitrogen functional groups attached to an aromatic ring is 1. The van der Waals surface area contributed by atoms with Crippen LogP contribution in [0.3, 0.4) is 0 Å². The summed E-state index contributed by atoms with van der Waals surface area (Å²) in [5.41, 5.74) is 15.2. The molecule has 2 aromatic rings. The number of aryl methyl sites for hydroxylation is 2. The fourth-order valence-corrected chi connectivity index (χ4v) is 2.09. The summed E-state index contributed by atoms with van der Waals surface area (Å²) >= 11 is 0. The molecule has 0 heterocycles. The minimum atomic E-state index is -0.547. The molecule has 2 aromatic carbocycles. The molecular formula is C16H18N2O2. The zero-order valence-electron chi connectivity index (χ0n) is 11.6. The highest BCUT2D eigenvalue weighted by Crippen LogP contribution is 2.23. The Hall–Kier alpha value is -2.49. The highest BCUT2D eigenvalue weighted by molar-refractivity contribution is 5.96. The van der Waals surface area contributed by atoms with Crippen LogP contribution in [0.25, 0.3) is 0 Å². The Morgan fingerprint density at radius 1 is 1.15 bits per heavy atom. The third-order valence-corrected chi connectivity index (χ3v) is 3.29. The number of benzene rings is 2. The van der Waals surface area contributed by atoms with Gasteiger partial charge < -0.3 is 16.2 Å². The van der Waals surface area contributed by atoms with E-state index < -0.39 is 5.91 Å². The molecule has 0 aliphatic heterocycles. The molecule has 2 rings (SSSR count). The number of hydrogen-bond donors (Lipinski definition) is 2. The predicted molar refractivity (Wildman–Crippen MR) is 79.6 cm³/mol. The van der Waals surface area contributed by atoms with Gasteiger partial charge in [-0.3, -0.25) is 4.79 Å². The van der Waals surface area contributed by atoms with Crippen molar-refractivity contribution in [3.63, 3.8) is 0 Å². The lowest BCUT2D eigenvalue weighted by molar-refractivity contribution is 0.0996. The van der Waals surface area contributed by atoms with E-state index in [-0.39, 0.29) is 0 Å². The van der Waals surface area contributed by atoms with Crippen molar-refractivity contribution in [3.8, 4) is 5.75 Å². The first kappa shape index (κ1) is 13.9. The lowest BCUT2D eigenvalue weighted by Gasteiger charge is -2.13. The summed E-state index contributed by atoms with van der Waals surface area (Å²) in [6, 6.07) is 11.0. The van der Waals surface area contributed by atoms with Crippen LogP contribution in [0.2, 0.25) is 0 Å². The Labute approximate surface area is 118 Å². The second-order valence-corrected chi connectivity index (χ2v) is 4.78. The normalized spacial score (nSPS) is 10.3. The van der Waals surface area contributed by atoms with Crippen molar-refractivity contribution in [3.05, 3.63) is 58.7 Å². The van der Waals surface area contributed by atoms with Crippen molar-refractivity contribution in [1.29, 1.82) is 0 Å². The summed E-state index contributed by atoms with van der Waals surface area (Å²) in [7, 11) is 0. The standard InChI is InChI=1S/C16H18N2O2/c1-10-4-3-5-11(2)14(10)9-20-15-7-6-12(17)8-13(15)16(18)19/h3-8H,9,17H2,1-2H3,(H2,18,19). The molecule has 0 saturated heterocycles. The van der Waals surface area contributed by atoms with Crippen LogP contribution in [-0.4, -0.2) is 5.91 Å². The number of carbonyl (C=O) groups is 1. The average Bonchev–Trinajstić information content (AvgIpc) is 2.39. The number of anilines is 1. The van der Waals surface area contributed by atoms with Crippen molar-refractivity contribution in [1.82, 2.24) is 0 Å². The van der Waals surface area contributed by atoms with Crippen LogP contribution in [0.5, 0.6) is 5.75 Å². The van der Waals surface area contributed by atoms with Crippen molar-refractivity contribution in [2.75, 3.05) is 5.73 Å². The van der Waals surface area contributed by atoms with Gasteiger partial charge in [-0.15, -0.1) is 0 Å². The van der Waals surface area contributed by atoms with Crippen molar-refractivity contribution in [2.24, 2.45) is 5.73 Å². The number of hydrogen-bond acceptors (Lipinski definition) is 3. The third kappa shape index (κ3) is 2.91. The van der Waals surface area contributed by atoms with Crippen molar-refractivity contribution < 1.29 is 9.53 Å². The largest absolute Gasteiger partial charge is 0.488 e. The van der Waals surface area contributed by atoms with Gasteiger partial charge in [0.15, 0.2) is 0 Å². The molecule has 4 heteroatoms. The van der Waals surface area contributed by atoms with E-state index in [2.05, 4.69) is 0 Å². The molecule has 0 aliphatic carbocycles. The fraction of sp³-hybridized carbons (Fsp3) is 0.188. The molecule has 4 N–H and O–H groups in total. The zero-order chi connectivity index (χ0) is 14.7. The highest BCUT2D eigenvalue weighted by Gasteiger charge is 2.11. The molecule has 0 unspecified atom stereocenters. The van der Waals surface area contributed by atoms with Crippen LogP contribution >= 0.6 is 0 Å². The number of ether oxygens (including phenoxy) is 1.